The molecule has 0 N–H and O–H groups in total. The maximum atomic E-state index is 5.09. The molecule has 1 nitrogen and oxygen atoms in total. The first-order valence-corrected chi connectivity index (χ1v) is 3.67. The van der Waals surface area contributed by atoms with E-state index in [0.717, 1.165) is 25.0 Å². The second-order valence-electron chi connectivity index (χ2n) is 1.30. The summed E-state index contributed by atoms with van der Waals surface area (Å²) in [6, 6.07) is 0. The zero-order chi connectivity index (χ0) is 5.54. The minimum Gasteiger partial charge on any atom is -0.381 e. The second kappa shape index (κ2) is 6.44. The molecule has 2 heteroatoms. The smallest absolute Gasteiger partial charge is 0.0563 e. The highest BCUT2D eigenvalue weighted by Gasteiger charge is 1.78. The standard InChI is InChI=1S/C5H11BrO/c1-2-4-7-5-3-6/h2-5H2,1H3. The van der Waals surface area contributed by atoms with Crippen molar-refractivity contribution in [2.75, 3.05) is 18.5 Å². The minimum absolute atomic E-state index is 0.841. The highest BCUT2D eigenvalue weighted by molar-refractivity contribution is 9.09. The summed E-state index contributed by atoms with van der Waals surface area (Å²) in [6.07, 6.45) is 1.12. The number of halogens is 1. The maximum Gasteiger partial charge on any atom is 0.0563 e. The molecule has 7 heavy (non-hydrogen) atoms. The number of hydrogen-bond donors (Lipinski definition) is 0. The fourth-order valence-electron chi connectivity index (χ4n) is 0.301. The van der Waals surface area contributed by atoms with Crippen LogP contribution in [0.3, 0.4) is 0 Å². The predicted octanol–water partition coefficient (Wildman–Crippen LogP) is 1.81. The van der Waals surface area contributed by atoms with Gasteiger partial charge in [-0.25, -0.2) is 0 Å². The van der Waals surface area contributed by atoms with Gasteiger partial charge >= 0.3 is 0 Å². The van der Waals surface area contributed by atoms with Crippen molar-refractivity contribution in [3.8, 4) is 0 Å². The van der Waals surface area contributed by atoms with E-state index in [2.05, 4.69) is 22.9 Å². The fraction of sp³-hybridized carbons (Fsp3) is 1.00. The summed E-state index contributed by atoms with van der Waals surface area (Å²) in [5.41, 5.74) is 0. The van der Waals surface area contributed by atoms with Crippen LogP contribution in [0.5, 0.6) is 0 Å². The van der Waals surface area contributed by atoms with Crippen molar-refractivity contribution in [1.29, 1.82) is 0 Å². The van der Waals surface area contributed by atoms with Crippen LogP contribution >= 0.6 is 15.9 Å². The zero-order valence-electron chi connectivity index (χ0n) is 4.61. The lowest BCUT2D eigenvalue weighted by atomic mass is 10.5. The van der Waals surface area contributed by atoms with Gasteiger partial charge in [0.05, 0.1) is 6.61 Å². The van der Waals surface area contributed by atoms with E-state index >= 15 is 0 Å². The Labute approximate surface area is 53.2 Å². The molecule has 0 aliphatic rings. The van der Waals surface area contributed by atoms with Crippen LogP contribution in [0.4, 0.5) is 0 Å². The van der Waals surface area contributed by atoms with Crippen LogP contribution in [0.25, 0.3) is 0 Å². The van der Waals surface area contributed by atoms with Crippen LogP contribution < -0.4 is 0 Å². The van der Waals surface area contributed by atoms with Crippen molar-refractivity contribution >= 4 is 15.9 Å². The van der Waals surface area contributed by atoms with Gasteiger partial charge < -0.3 is 4.74 Å². The van der Waals surface area contributed by atoms with E-state index < -0.39 is 0 Å². The molecule has 44 valence electrons. The lowest BCUT2D eigenvalue weighted by Crippen LogP contribution is -1.94. The summed E-state index contributed by atoms with van der Waals surface area (Å²) >= 11 is 3.25. The van der Waals surface area contributed by atoms with Gasteiger partial charge in [-0.1, -0.05) is 22.9 Å². The molecule has 0 aliphatic carbocycles. The Kier molecular flexibility index (Phi) is 6.84. The molecule has 0 unspecified atom stereocenters. The average Bonchev–Trinajstić information content (AvgIpc) is 1.69. The normalized spacial score (nSPS) is 9.43. The molecule has 0 radical (unpaired) electrons. The molecule has 0 heterocycles. The molecule has 0 rings (SSSR count). The van der Waals surface area contributed by atoms with Crippen LogP contribution in [-0.4, -0.2) is 18.5 Å². The average molecular weight is 167 g/mol. The molecule has 0 atom stereocenters. The van der Waals surface area contributed by atoms with Crippen LogP contribution in [0.2, 0.25) is 0 Å². The van der Waals surface area contributed by atoms with Gasteiger partial charge in [0.1, 0.15) is 0 Å². The molecule has 0 aromatic carbocycles. The summed E-state index contributed by atoms with van der Waals surface area (Å²) in [6.45, 7) is 3.84. The summed E-state index contributed by atoms with van der Waals surface area (Å²) in [4.78, 5) is 0. The van der Waals surface area contributed by atoms with Gasteiger partial charge in [0.2, 0.25) is 0 Å². The van der Waals surface area contributed by atoms with Crippen molar-refractivity contribution in [3.63, 3.8) is 0 Å². The van der Waals surface area contributed by atoms with E-state index in [1.165, 1.54) is 0 Å². The van der Waals surface area contributed by atoms with E-state index in [1.54, 1.807) is 0 Å². The van der Waals surface area contributed by atoms with Gasteiger partial charge in [-0.15, -0.1) is 0 Å². The Balaban J connectivity index is 2.45. The molecular weight excluding hydrogens is 156 g/mol. The number of alkyl halides is 1. The van der Waals surface area contributed by atoms with E-state index in [-0.39, 0.29) is 0 Å². The van der Waals surface area contributed by atoms with Gasteiger partial charge in [-0.05, 0) is 6.42 Å². The Morgan fingerprint density at radius 1 is 1.43 bits per heavy atom. The van der Waals surface area contributed by atoms with E-state index in [0.29, 0.717) is 0 Å². The van der Waals surface area contributed by atoms with E-state index in [1.807, 2.05) is 0 Å². The van der Waals surface area contributed by atoms with Crippen molar-refractivity contribution < 1.29 is 4.74 Å². The summed E-state index contributed by atoms with van der Waals surface area (Å²) in [5.74, 6) is 0. The molecule has 0 bridgehead atoms. The van der Waals surface area contributed by atoms with Gasteiger partial charge in [-0.2, -0.15) is 0 Å². The van der Waals surface area contributed by atoms with Gasteiger partial charge in [0.15, 0.2) is 0 Å². The first-order valence-electron chi connectivity index (χ1n) is 2.55. The second-order valence-corrected chi connectivity index (χ2v) is 2.09. The highest BCUT2D eigenvalue weighted by Crippen LogP contribution is 1.82. The minimum atomic E-state index is 0.841. The van der Waals surface area contributed by atoms with Gasteiger partial charge in [0, 0.05) is 11.9 Å². The van der Waals surface area contributed by atoms with Crippen molar-refractivity contribution in [3.05, 3.63) is 0 Å². The zero-order valence-corrected chi connectivity index (χ0v) is 6.20. The monoisotopic (exact) mass is 166 g/mol. The molecule has 0 spiro atoms. The van der Waals surface area contributed by atoms with E-state index in [9.17, 15) is 0 Å². The Morgan fingerprint density at radius 2 is 2.14 bits per heavy atom. The first kappa shape index (κ1) is 7.44. The molecule has 0 saturated heterocycles. The highest BCUT2D eigenvalue weighted by atomic mass is 79.9. The number of hydrogen-bond acceptors (Lipinski definition) is 1. The maximum absolute atomic E-state index is 5.09. The third-order valence-electron chi connectivity index (χ3n) is 0.570. The SMILES string of the molecule is CCCOCCBr. The van der Waals surface area contributed by atoms with Crippen molar-refractivity contribution in [2.45, 2.75) is 13.3 Å². The molecule has 0 aromatic heterocycles. The summed E-state index contributed by atoms with van der Waals surface area (Å²) in [5, 5.41) is 0.951. The quantitative estimate of drug-likeness (QED) is 0.458. The van der Waals surface area contributed by atoms with Crippen LogP contribution in [0, 0.1) is 0 Å². The molecule has 0 amide bonds. The molecule has 0 saturated carbocycles. The molecule has 0 aromatic rings. The Bertz CT molecular complexity index is 27.3. The third-order valence-corrected chi connectivity index (χ3v) is 0.894. The van der Waals surface area contributed by atoms with Crippen LogP contribution in [0.15, 0.2) is 0 Å². The van der Waals surface area contributed by atoms with Gasteiger partial charge in [0.25, 0.3) is 0 Å². The molecule has 0 fully saturated rings. The summed E-state index contributed by atoms with van der Waals surface area (Å²) < 4.78 is 5.09. The summed E-state index contributed by atoms with van der Waals surface area (Å²) in [7, 11) is 0. The Morgan fingerprint density at radius 3 is 2.57 bits per heavy atom. The predicted molar refractivity (Wildman–Crippen MR) is 34.9 cm³/mol. The van der Waals surface area contributed by atoms with E-state index in [4.69, 9.17) is 4.74 Å². The lowest BCUT2D eigenvalue weighted by molar-refractivity contribution is 0.151. The number of rotatable bonds is 4. The Hall–Kier alpha value is 0.440. The molecular formula is C5H11BrO. The molecule has 0 aliphatic heterocycles. The fourth-order valence-corrected chi connectivity index (χ4v) is 0.530. The van der Waals surface area contributed by atoms with Crippen molar-refractivity contribution in [1.82, 2.24) is 0 Å². The topological polar surface area (TPSA) is 9.23 Å². The van der Waals surface area contributed by atoms with Crippen LogP contribution in [-0.2, 0) is 4.74 Å². The number of ether oxygens (including phenoxy) is 1. The lowest BCUT2D eigenvalue weighted by Gasteiger charge is -1.94. The largest absolute Gasteiger partial charge is 0.381 e. The first-order chi connectivity index (χ1) is 3.41. The van der Waals surface area contributed by atoms with Crippen molar-refractivity contribution in [2.24, 2.45) is 0 Å². The van der Waals surface area contributed by atoms with Gasteiger partial charge in [-0.3, -0.25) is 0 Å². The van der Waals surface area contributed by atoms with Crippen LogP contribution in [0.1, 0.15) is 13.3 Å². The third kappa shape index (κ3) is 6.44.